The number of rotatable bonds is 5. The Bertz CT molecular complexity index is 435. The van der Waals surface area contributed by atoms with Gasteiger partial charge in [0.05, 0.1) is 6.54 Å². The van der Waals surface area contributed by atoms with E-state index in [-0.39, 0.29) is 6.54 Å². The Balaban J connectivity index is 1.90. The first-order chi connectivity index (χ1) is 8.99. The second-order valence-electron chi connectivity index (χ2n) is 4.70. The molecular formula is C13H16F4N2. The van der Waals surface area contributed by atoms with Crippen LogP contribution in [-0.4, -0.2) is 25.4 Å². The average Bonchev–Trinajstić information content (AvgIpc) is 2.38. The molecule has 0 radical (unpaired) electrons. The summed E-state index contributed by atoms with van der Waals surface area (Å²) >= 11 is 0. The fraction of sp³-hybridized carbons (Fsp3) is 0.538. The highest BCUT2D eigenvalue weighted by Gasteiger charge is 2.39. The van der Waals surface area contributed by atoms with Gasteiger partial charge in [0.15, 0.2) is 0 Å². The molecule has 2 N–H and O–H groups in total. The van der Waals surface area contributed by atoms with E-state index in [4.69, 9.17) is 0 Å². The number of halogens is 4. The minimum atomic E-state index is -3.98. The van der Waals surface area contributed by atoms with Crippen LogP contribution in [0.15, 0.2) is 18.2 Å². The molecule has 1 aliphatic heterocycles. The van der Waals surface area contributed by atoms with Gasteiger partial charge in [0.2, 0.25) is 0 Å². The molecule has 2 rings (SSSR count). The summed E-state index contributed by atoms with van der Waals surface area (Å²) < 4.78 is 49.3. The number of fused-ring (bicyclic) bond motifs is 1. The minimum Gasteiger partial charge on any atom is -0.312 e. The lowest BCUT2D eigenvalue weighted by Crippen LogP contribution is -2.38. The molecular weight excluding hydrogens is 260 g/mol. The van der Waals surface area contributed by atoms with Crippen molar-refractivity contribution in [1.29, 1.82) is 0 Å². The first kappa shape index (κ1) is 14.3. The molecule has 0 spiro atoms. The maximum Gasteiger partial charge on any atom is 0.319 e. The van der Waals surface area contributed by atoms with Gasteiger partial charge in [-0.15, -0.1) is 0 Å². The summed E-state index contributed by atoms with van der Waals surface area (Å²) in [6.45, 7) is 0.844. The van der Waals surface area contributed by atoms with E-state index in [1.54, 1.807) is 0 Å². The zero-order chi connectivity index (χ0) is 13.9. The van der Waals surface area contributed by atoms with E-state index in [1.165, 1.54) is 5.56 Å². The number of hydrogen-bond acceptors (Lipinski definition) is 2. The second kappa shape index (κ2) is 5.88. The topological polar surface area (TPSA) is 24.1 Å². The maximum absolute atomic E-state index is 12.7. The number of benzene rings is 1. The Labute approximate surface area is 109 Å². The van der Waals surface area contributed by atoms with E-state index in [0.29, 0.717) is 0 Å². The summed E-state index contributed by atoms with van der Waals surface area (Å²) in [5, 5.41) is 5.60. The van der Waals surface area contributed by atoms with Crippen LogP contribution in [0.25, 0.3) is 0 Å². The zero-order valence-corrected chi connectivity index (χ0v) is 10.4. The average molecular weight is 276 g/mol. The highest BCUT2D eigenvalue weighted by Crippen LogP contribution is 2.22. The van der Waals surface area contributed by atoms with Crippen molar-refractivity contribution in [2.24, 2.45) is 0 Å². The molecule has 0 bridgehead atoms. The van der Waals surface area contributed by atoms with Gasteiger partial charge >= 0.3 is 12.3 Å². The second-order valence-corrected chi connectivity index (χ2v) is 4.70. The van der Waals surface area contributed by atoms with Crippen LogP contribution in [0.3, 0.4) is 0 Å². The van der Waals surface area contributed by atoms with Gasteiger partial charge in [0.1, 0.15) is 0 Å². The first-order valence-electron chi connectivity index (χ1n) is 6.17. The molecule has 0 atom stereocenters. The summed E-state index contributed by atoms with van der Waals surface area (Å²) in [6.07, 6.45) is -2.68. The van der Waals surface area contributed by atoms with Crippen molar-refractivity contribution in [2.75, 3.05) is 13.1 Å². The van der Waals surface area contributed by atoms with Gasteiger partial charge in [-0.05, 0) is 29.7 Å². The molecule has 106 valence electrons. The van der Waals surface area contributed by atoms with Gasteiger partial charge < -0.3 is 10.6 Å². The van der Waals surface area contributed by atoms with E-state index in [1.807, 2.05) is 18.2 Å². The number of hydrogen-bond donors (Lipinski definition) is 2. The molecule has 19 heavy (non-hydrogen) atoms. The third-order valence-corrected chi connectivity index (χ3v) is 3.17. The van der Waals surface area contributed by atoms with E-state index in [9.17, 15) is 17.6 Å². The summed E-state index contributed by atoms with van der Waals surface area (Å²) in [7, 11) is 0. The van der Waals surface area contributed by atoms with Crippen molar-refractivity contribution in [3.05, 3.63) is 34.9 Å². The predicted octanol–water partition coefficient (Wildman–Crippen LogP) is 2.32. The van der Waals surface area contributed by atoms with Gasteiger partial charge in [-0.25, -0.2) is 8.78 Å². The van der Waals surface area contributed by atoms with E-state index in [0.717, 1.165) is 30.6 Å². The lowest BCUT2D eigenvalue weighted by atomic mass is 9.98. The molecule has 6 heteroatoms. The standard InChI is InChI=1S/C13H16F4N2/c14-12(15)13(16,17)8-19-6-9-1-2-10-3-4-18-7-11(10)5-9/h1-2,5,12,18-19H,3-4,6-8H2. The van der Waals surface area contributed by atoms with Gasteiger partial charge in [-0.2, -0.15) is 8.78 Å². The molecule has 0 saturated heterocycles. The van der Waals surface area contributed by atoms with E-state index < -0.39 is 18.9 Å². The zero-order valence-electron chi connectivity index (χ0n) is 10.4. The summed E-state index contributed by atoms with van der Waals surface area (Å²) in [5.74, 6) is -3.98. The van der Waals surface area contributed by atoms with Crippen LogP contribution in [0.4, 0.5) is 17.6 Å². The smallest absolute Gasteiger partial charge is 0.312 e. The lowest BCUT2D eigenvalue weighted by molar-refractivity contribution is -0.125. The van der Waals surface area contributed by atoms with Crippen molar-refractivity contribution in [2.45, 2.75) is 31.9 Å². The Kier molecular flexibility index (Phi) is 4.42. The quantitative estimate of drug-likeness (QED) is 0.807. The van der Waals surface area contributed by atoms with Gasteiger partial charge in [0, 0.05) is 13.1 Å². The summed E-state index contributed by atoms with van der Waals surface area (Å²) in [4.78, 5) is 0. The molecule has 1 aromatic rings. The van der Waals surface area contributed by atoms with Crippen molar-refractivity contribution >= 4 is 0 Å². The third-order valence-electron chi connectivity index (χ3n) is 3.17. The normalized spacial score (nSPS) is 15.6. The van der Waals surface area contributed by atoms with Crippen LogP contribution in [0.1, 0.15) is 16.7 Å². The molecule has 0 unspecified atom stereocenters. The van der Waals surface area contributed by atoms with Crippen molar-refractivity contribution in [3.63, 3.8) is 0 Å². The molecule has 1 heterocycles. The SMILES string of the molecule is FC(F)C(F)(F)CNCc1ccc2c(c1)CNCC2. The van der Waals surface area contributed by atoms with Gasteiger partial charge in [-0.1, -0.05) is 18.2 Å². The minimum absolute atomic E-state index is 0.162. The van der Waals surface area contributed by atoms with E-state index >= 15 is 0 Å². The molecule has 1 aromatic carbocycles. The highest BCUT2D eigenvalue weighted by molar-refractivity contribution is 5.33. The Morgan fingerprint density at radius 3 is 2.79 bits per heavy atom. The van der Waals surface area contributed by atoms with Crippen LogP contribution in [0.5, 0.6) is 0 Å². The monoisotopic (exact) mass is 276 g/mol. The summed E-state index contributed by atoms with van der Waals surface area (Å²) in [5.41, 5.74) is 3.22. The molecule has 1 aliphatic rings. The van der Waals surface area contributed by atoms with Crippen LogP contribution in [0.2, 0.25) is 0 Å². The molecule has 0 amide bonds. The van der Waals surface area contributed by atoms with Gasteiger partial charge in [-0.3, -0.25) is 0 Å². The predicted molar refractivity (Wildman–Crippen MR) is 64.5 cm³/mol. The van der Waals surface area contributed by atoms with Crippen LogP contribution >= 0.6 is 0 Å². The molecule has 0 aliphatic carbocycles. The van der Waals surface area contributed by atoms with Crippen LogP contribution in [0, 0.1) is 0 Å². The lowest BCUT2D eigenvalue weighted by Gasteiger charge is -2.19. The molecule has 0 saturated carbocycles. The fourth-order valence-electron chi connectivity index (χ4n) is 2.09. The fourth-order valence-corrected chi connectivity index (χ4v) is 2.09. The number of alkyl halides is 4. The van der Waals surface area contributed by atoms with Crippen LogP contribution < -0.4 is 10.6 Å². The first-order valence-corrected chi connectivity index (χ1v) is 6.17. The summed E-state index contributed by atoms with van der Waals surface area (Å²) in [6, 6.07) is 5.74. The van der Waals surface area contributed by atoms with Crippen LogP contribution in [-0.2, 0) is 19.5 Å². The Morgan fingerprint density at radius 2 is 2.05 bits per heavy atom. The Hall–Kier alpha value is -1.14. The highest BCUT2D eigenvalue weighted by atomic mass is 19.3. The van der Waals surface area contributed by atoms with Crippen molar-refractivity contribution in [1.82, 2.24) is 10.6 Å². The van der Waals surface area contributed by atoms with E-state index in [2.05, 4.69) is 10.6 Å². The Morgan fingerprint density at radius 1 is 1.26 bits per heavy atom. The van der Waals surface area contributed by atoms with Crippen molar-refractivity contribution < 1.29 is 17.6 Å². The molecule has 0 aromatic heterocycles. The maximum atomic E-state index is 12.7. The number of nitrogens with one attached hydrogen (secondary N) is 2. The van der Waals surface area contributed by atoms with Gasteiger partial charge in [0.25, 0.3) is 0 Å². The largest absolute Gasteiger partial charge is 0.319 e. The molecule has 2 nitrogen and oxygen atoms in total. The molecule has 0 fully saturated rings. The van der Waals surface area contributed by atoms with Crippen molar-refractivity contribution in [3.8, 4) is 0 Å². The third kappa shape index (κ3) is 3.67.